The first-order chi connectivity index (χ1) is 8.04. The summed E-state index contributed by atoms with van der Waals surface area (Å²) >= 11 is 3.21. The molecule has 0 aliphatic rings. The average Bonchev–Trinajstić information content (AvgIpc) is 2.69. The van der Waals surface area contributed by atoms with Gasteiger partial charge in [-0.05, 0) is 22.0 Å². The van der Waals surface area contributed by atoms with Gasteiger partial charge in [-0.25, -0.2) is 0 Å². The molecule has 0 radical (unpaired) electrons. The lowest BCUT2D eigenvalue weighted by atomic mass is 10.3. The van der Waals surface area contributed by atoms with Gasteiger partial charge in [0.25, 0.3) is 5.91 Å². The van der Waals surface area contributed by atoms with E-state index < -0.39 is 5.97 Å². The third kappa shape index (κ3) is 4.20. The number of ether oxygens (including phenoxy) is 1. The number of nitrogens with one attached hydrogen (secondary N) is 1. The normalized spacial score (nSPS) is 10.2. The van der Waals surface area contributed by atoms with Crippen molar-refractivity contribution >= 4 is 27.8 Å². The minimum Gasteiger partial charge on any atom is -0.480 e. The van der Waals surface area contributed by atoms with Gasteiger partial charge in [-0.1, -0.05) is 0 Å². The zero-order valence-electron chi connectivity index (χ0n) is 9.27. The average molecular weight is 305 g/mol. The van der Waals surface area contributed by atoms with Crippen molar-refractivity contribution < 1.29 is 19.4 Å². The third-order valence-corrected chi connectivity index (χ3v) is 2.51. The topological polar surface area (TPSA) is 82.6 Å². The third-order valence-electron chi connectivity index (χ3n) is 2.06. The number of carbonyl (C=O) groups excluding carboxylic acids is 1. The van der Waals surface area contributed by atoms with Crippen molar-refractivity contribution in [2.45, 2.75) is 0 Å². The van der Waals surface area contributed by atoms with E-state index in [1.807, 2.05) is 0 Å². The Labute approximate surface area is 107 Å². The second-order valence-electron chi connectivity index (χ2n) is 3.34. The van der Waals surface area contributed by atoms with E-state index in [2.05, 4.69) is 20.9 Å². The molecule has 94 valence electrons. The highest BCUT2D eigenvalue weighted by Gasteiger charge is 2.19. The first-order valence-corrected chi connectivity index (χ1v) is 5.68. The maximum atomic E-state index is 12.0. The number of carboxylic acids is 1. The molecule has 0 saturated heterocycles. The summed E-state index contributed by atoms with van der Waals surface area (Å²) in [5.74, 6) is -1.42. The van der Waals surface area contributed by atoms with Crippen LogP contribution < -0.4 is 0 Å². The fourth-order valence-corrected chi connectivity index (χ4v) is 1.62. The van der Waals surface area contributed by atoms with Crippen LogP contribution in [0.15, 0.2) is 16.7 Å². The van der Waals surface area contributed by atoms with Crippen molar-refractivity contribution in [3.8, 4) is 0 Å². The largest absolute Gasteiger partial charge is 0.480 e. The number of hydrogen-bond donors (Lipinski definition) is 2. The van der Waals surface area contributed by atoms with Gasteiger partial charge in [-0.15, -0.1) is 0 Å². The van der Waals surface area contributed by atoms with Crippen LogP contribution in [-0.2, 0) is 9.53 Å². The van der Waals surface area contributed by atoms with Gasteiger partial charge >= 0.3 is 5.97 Å². The first kappa shape index (κ1) is 13.7. The van der Waals surface area contributed by atoms with Crippen LogP contribution in [-0.4, -0.2) is 53.7 Å². The fourth-order valence-electron chi connectivity index (χ4n) is 1.28. The van der Waals surface area contributed by atoms with E-state index in [0.29, 0.717) is 12.3 Å². The van der Waals surface area contributed by atoms with Crippen molar-refractivity contribution in [2.75, 3.05) is 26.8 Å². The van der Waals surface area contributed by atoms with Crippen LogP contribution in [0.25, 0.3) is 0 Å². The fraction of sp³-hybridized carbons (Fsp3) is 0.400. The molecule has 0 fully saturated rings. The van der Waals surface area contributed by atoms with Gasteiger partial charge in [-0.3, -0.25) is 9.59 Å². The number of H-pyrrole nitrogens is 1. The van der Waals surface area contributed by atoms with Crippen LogP contribution in [0.4, 0.5) is 0 Å². The Hall–Kier alpha value is -1.34. The second-order valence-corrected chi connectivity index (χ2v) is 4.26. The van der Waals surface area contributed by atoms with Gasteiger partial charge in [0.05, 0.1) is 6.61 Å². The van der Waals surface area contributed by atoms with E-state index in [9.17, 15) is 9.59 Å². The number of aliphatic carboxylic acids is 1. The number of aromatic amines is 1. The molecule has 6 nitrogen and oxygen atoms in total. The Morgan fingerprint density at radius 2 is 2.29 bits per heavy atom. The molecule has 0 aromatic carbocycles. The van der Waals surface area contributed by atoms with Crippen molar-refractivity contribution in [1.82, 2.24) is 9.88 Å². The Bertz CT molecular complexity index is 405. The Kier molecular flexibility index (Phi) is 5.17. The minimum atomic E-state index is -1.06. The maximum absolute atomic E-state index is 12.0. The van der Waals surface area contributed by atoms with E-state index in [-0.39, 0.29) is 19.0 Å². The molecule has 1 aromatic rings. The molecule has 1 amide bonds. The number of methoxy groups -OCH3 is 1. The lowest BCUT2D eigenvalue weighted by Crippen LogP contribution is -2.38. The number of rotatable bonds is 6. The molecular formula is C10H13BrN2O4. The summed E-state index contributed by atoms with van der Waals surface area (Å²) in [6, 6.07) is 1.60. The molecule has 1 aromatic heterocycles. The van der Waals surface area contributed by atoms with Crippen LogP contribution in [0.5, 0.6) is 0 Å². The number of hydrogen-bond acceptors (Lipinski definition) is 3. The number of nitrogens with zero attached hydrogens (tertiary/aromatic N) is 1. The highest BCUT2D eigenvalue weighted by molar-refractivity contribution is 9.10. The molecule has 0 atom stereocenters. The Balaban J connectivity index is 2.74. The van der Waals surface area contributed by atoms with Gasteiger partial charge in [0, 0.05) is 24.3 Å². The van der Waals surface area contributed by atoms with Crippen LogP contribution in [0.3, 0.4) is 0 Å². The molecule has 7 heteroatoms. The zero-order valence-corrected chi connectivity index (χ0v) is 10.9. The summed E-state index contributed by atoms with van der Waals surface area (Å²) in [6.45, 7) is 0.179. The minimum absolute atomic E-state index is 0.234. The molecule has 17 heavy (non-hydrogen) atoms. The molecular weight excluding hydrogens is 292 g/mol. The molecule has 2 N–H and O–H groups in total. The number of amides is 1. The number of aromatic nitrogens is 1. The highest BCUT2D eigenvalue weighted by atomic mass is 79.9. The summed E-state index contributed by atoms with van der Waals surface area (Å²) in [5.41, 5.74) is 0.342. The summed E-state index contributed by atoms with van der Waals surface area (Å²) in [7, 11) is 1.49. The monoisotopic (exact) mass is 304 g/mol. The molecule has 0 unspecified atom stereocenters. The Morgan fingerprint density at radius 1 is 1.59 bits per heavy atom. The second kappa shape index (κ2) is 6.41. The van der Waals surface area contributed by atoms with Gasteiger partial charge in [0.2, 0.25) is 0 Å². The number of carboxylic acid groups (broad SMARTS) is 1. The van der Waals surface area contributed by atoms with E-state index in [0.717, 1.165) is 4.47 Å². The van der Waals surface area contributed by atoms with Gasteiger partial charge < -0.3 is 19.7 Å². The van der Waals surface area contributed by atoms with Crippen molar-refractivity contribution in [3.05, 3.63) is 22.4 Å². The SMILES string of the molecule is COCCN(CC(=O)O)C(=O)c1cc(Br)c[nH]1. The predicted octanol–water partition coefficient (Wildman–Crippen LogP) is 0.950. The van der Waals surface area contributed by atoms with Crippen molar-refractivity contribution in [2.24, 2.45) is 0 Å². The van der Waals surface area contributed by atoms with Crippen LogP contribution in [0, 0.1) is 0 Å². The molecule has 1 heterocycles. The van der Waals surface area contributed by atoms with E-state index in [4.69, 9.17) is 9.84 Å². The van der Waals surface area contributed by atoms with Crippen molar-refractivity contribution in [3.63, 3.8) is 0 Å². The summed E-state index contributed by atoms with van der Waals surface area (Å²) in [4.78, 5) is 26.6. The van der Waals surface area contributed by atoms with Crippen LogP contribution in [0.2, 0.25) is 0 Å². The van der Waals surface area contributed by atoms with Gasteiger partial charge in [-0.2, -0.15) is 0 Å². The van der Waals surface area contributed by atoms with Gasteiger partial charge in [0.15, 0.2) is 0 Å². The quantitative estimate of drug-likeness (QED) is 0.820. The molecule has 0 spiro atoms. The first-order valence-electron chi connectivity index (χ1n) is 4.88. The Morgan fingerprint density at radius 3 is 2.76 bits per heavy atom. The molecule has 0 bridgehead atoms. The standard InChI is InChI=1S/C10H13BrN2O4/c1-17-3-2-13(6-9(14)15)10(16)8-4-7(11)5-12-8/h4-5,12H,2-3,6H2,1H3,(H,14,15). The number of halogens is 1. The molecule has 0 aliphatic carbocycles. The lowest BCUT2D eigenvalue weighted by molar-refractivity contribution is -0.137. The predicted molar refractivity (Wildman–Crippen MR) is 63.9 cm³/mol. The van der Waals surface area contributed by atoms with Gasteiger partial charge in [0.1, 0.15) is 12.2 Å². The van der Waals surface area contributed by atoms with E-state index in [1.54, 1.807) is 12.3 Å². The van der Waals surface area contributed by atoms with Crippen LogP contribution in [0.1, 0.15) is 10.5 Å². The summed E-state index contributed by atoms with van der Waals surface area (Å²) in [6.07, 6.45) is 1.61. The summed E-state index contributed by atoms with van der Waals surface area (Å²) in [5, 5.41) is 8.73. The highest BCUT2D eigenvalue weighted by Crippen LogP contribution is 2.12. The number of carbonyl (C=O) groups is 2. The smallest absolute Gasteiger partial charge is 0.323 e. The maximum Gasteiger partial charge on any atom is 0.323 e. The van der Waals surface area contributed by atoms with Crippen LogP contribution >= 0.6 is 15.9 Å². The lowest BCUT2D eigenvalue weighted by Gasteiger charge is -2.19. The molecule has 1 rings (SSSR count). The molecule has 0 aliphatic heterocycles. The van der Waals surface area contributed by atoms with Crippen molar-refractivity contribution in [1.29, 1.82) is 0 Å². The van der Waals surface area contributed by atoms with E-state index in [1.165, 1.54) is 12.0 Å². The molecule has 0 saturated carbocycles. The zero-order chi connectivity index (χ0) is 12.8. The summed E-state index contributed by atoms with van der Waals surface area (Å²) < 4.78 is 5.58. The van der Waals surface area contributed by atoms with E-state index >= 15 is 0 Å².